The van der Waals surface area contributed by atoms with Crippen molar-refractivity contribution in [3.05, 3.63) is 5.69 Å². The van der Waals surface area contributed by atoms with Crippen LogP contribution in [0.25, 0.3) is 11.2 Å². The maximum atomic E-state index is 12.0. The molecule has 112 valence electrons. The van der Waals surface area contributed by atoms with Crippen molar-refractivity contribution in [1.82, 2.24) is 19.3 Å². The van der Waals surface area contributed by atoms with E-state index in [9.17, 15) is 13.2 Å². The summed E-state index contributed by atoms with van der Waals surface area (Å²) in [7, 11) is 1.75. The molecule has 0 aliphatic heterocycles. The number of nitrogen functional groups attached to an aromatic ring is 1. The van der Waals surface area contributed by atoms with Crippen LogP contribution in [0.4, 0.5) is 19.1 Å². The first kappa shape index (κ1) is 14.6. The lowest BCUT2D eigenvalue weighted by molar-refractivity contribution is -0.174. The Morgan fingerprint density at radius 2 is 2.05 bits per heavy atom. The molecular weight excluding hydrogens is 275 g/mol. The van der Waals surface area contributed by atoms with E-state index in [2.05, 4.69) is 14.8 Å². The molecule has 9 heteroatoms. The normalized spacial score (nSPS) is 12.4. The molecule has 2 aromatic rings. The number of alkyl halides is 3. The van der Waals surface area contributed by atoms with E-state index in [1.807, 2.05) is 6.92 Å². The standard InChI is InChI=1S/C11H16F3N5O/c1-3-7-8-9(18(2)17-7)19(10(15)16-8)4-5-20-6-11(12,13)14/h3-6H2,1-2H3,(H2,15,16). The molecule has 2 heterocycles. The van der Waals surface area contributed by atoms with Gasteiger partial charge >= 0.3 is 6.18 Å². The zero-order valence-electron chi connectivity index (χ0n) is 11.2. The van der Waals surface area contributed by atoms with Crippen LogP contribution in [0.3, 0.4) is 0 Å². The van der Waals surface area contributed by atoms with E-state index in [0.717, 1.165) is 5.69 Å². The van der Waals surface area contributed by atoms with Gasteiger partial charge in [-0.1, -0.05) is 6.92 Å². The lowest BCUT2D eigenvalue weighted by Crippen LogP contribution is -2.19. The Balaban J connectivity index is 2.14. The van der Waals surface area contributed by atoms with Crippen LogP contribution in [0.2, 0.25) is 0 Å². The van der Waals surface area contributed by atoms with Gasteiger partial charge in [-0.25, -0.2) is 4.98 Å². The van der Waals surface area contributed by atoms with Crippen LogP contribution >= 0.6 is 0 Å². The molecule has 0 spiro atoms. The zero-order valence-corrected chi connectivity index (χ0v) is 11.2. The number of anilines is 1. The molecule has 0 amide bonds. The third-order valence-electron chi connectivity index (χ3n) is 2.88. The fourth-order valence-electron chi connectivity index (χ4n) is 2.06. The van der Waals surface area contributed by atoms with E-state index in [0.29, 0.717) is 17.6 Å². The lowest BCUT2D eigenvalue weighted by atomic mass is 10.3. The number of nitrogens with zero attached hydrogens (tertiary/aromatic N) is 4. The third kappa shape index (κ3) is 2.87. The van der Waals surface area contributed by atoms with Crippen molar-refractivity contribution in [1.29, 1.82) is 0 Å². The van der Waals surface area contributed by atoms with Crippen molar-refractivity contribution in [2.75, 3.05) is 18.9 Å². The molecule has 0 atom stereocenters. The fourth-order valence-corrected chi connectivity index (χ4v) is 2.06. The fraction of sp³-hybridized carbons (Fsp3) is 0.636. The van der Waals surface area contributed by atoms with E-state index in [-0.39, 0.29) is 19.1 Å². The Morgan fingerprint density at radius 1 is 1.35 bits per heavy atom. The smallest absolute Gasteiger partial charge is 0.370 e. The summed E-state index contributed by atoms with van der Waals surface area (Å²) in [4.78, 5) is 4.21. The molecule has 0 saturated carbocycles. The first-order valence-electron chi connectivity index (χ1n) is 6.15. The second kappa shape index (κ2) is 5.31. The predicted octanol–water partition coefficient (Wildman–Crippen LogP) is 1.49. The van der Waals surface area contributed by atoms with Crippen molar-refractivity contribution in [2.24, 2.45) is 7.05 Å². The summed E-state index contributed by atoms with van der Waals surface area (Å²) in [5.41, 5.74) is 7.97. The van der Waals surface area contributed by atoms with Gasteiger partial charge < -0.3 is 10.5 Å². The zero-order chi connectivity index (χ0) is 14.9. The molecule has 0 aliphatic carbocycles. The Hall–Kier alpha value is -1.77. The topological polar surface area (TPSA) is 70.9 Å². The minimum absolute atomic E-state index is 0.0954. The second-order valence-corrected chi connectivity index (χ2v) is 4.39. The van der Waals surface area contributed by atoms with E-state index in [1.165, 1.54) is 0 Å². The number of nitrogens with two attached hydrogens (primary N) is 1. The Morgan fingerprint density at radius 3 is 2.65 bits per heavy atom. The second-order valence-electron chi connectivity index (χ2n) is 4.39. The third-order valence-corrected chi connectivity index (χ3v) is 2.88. The van der Waals surface area contributed by atoms with Gasteiger partial charge in [0.1, 0.15) is 12.1 Å². The molecule has 0 radical (unpaired) electrons. The van der Waals surface area contributed by atoms with Crippen LogP contribution in [-0.2, 0) is 24.8 Å². The molecule has 0 aromatic carbocycles. The average molecular weight is 291 g/mol. The number of fused-ring (bicyclic) bond motifs is 1. The van der Waals surface area contributed by atoms with Crippen molar-refractivity contribution in [3.8, 4) is 0 Å². The van der Waals surface area contributed by atoms with Crippen molar-refractivity contribution in [3.63, 3.8) is 0 Å². The highest BCUT2D eigenvalue weighted by atomic mass is 19.4. The summed E-state index contributed by atoms with van der Waals surface area (Å²) in [6.45, 7) is 0.780. The van der Waals surface area contributed by atoms with Gasteiger partial charge in [0.15, 0.2) is 5.65 Å². The quantitative estimate of drug-likeness (QED) is 0.847. The number of aryl methyl sites for hydroxylation is 2. The Labute approximate surface area is 113 Å². The molecule has 20 heavy (non-hydrogen) atoms. The highest BCUT2D eigenvalue weighted by Crippen LogP contribution is 2.21. The van der Waals surface area contributed by atoms with E-state index in [4.69, 9.17) is 5.73 Å². The number of halogens is 3. The Kier molecular flexibility index (Phi) is 3.89. The van der Waals surface area contributed by atoms with E-state index in [1.54, 1.807) is 16.3 Å². The van der Waals surface area contributed by atoms with Gasteiger partial charge in [0.2, 0.25) is 5.95 Å². The number of hydrogen-bond donors (Lipinski definition) is 1. The maximum absolute atomic E-state index is 12.0. The van der Waals surface area contributed by atoms with Gasteiger partial charge in [-0.05, 0) is 6.42 Å². The van der Waals surface area contributed by atoms with Crippen LogP contribution in [0, 0.1) is 0 Å². The molecular formula is C11H16F3N5O. The van der Waals surface area contributed by atoms with Crippen molar-refractivity contribution < 1.29 is 17.9 Å². The largest absolute Gasteiger partial charge is 0.411 e. The summed E-state index contributed by atoms with van der Waals surface area (Å²) < 4.78 is 43.8. The molecule has 0 saturated heterocycles. The molecule has 0 aliphatic rings. The van der Waals surface area contributed by atoms with Crippen molar-refractivity contribution >= 4 is 17.1 Å². The van der Waals surface area contributed by atoms with Gasteiger partial charge in [0, 0.05) is 7.05 Å². The number of hydrogen-bond acceptors (Lipinski definition) is 4. The average Bonchev–Trinajstić information content (AvgIpc) is 2.82. The minimum atomic E-state index is -4.32. The number of imidazole rings is 1. The van der Waals surface area contributed by atoms with Crippen LogP contribution in [0.15, 0.2) is 0 Å². The van der Waals surface area contributed by atoms with Gasteiger partial charge in [0.05, 0.1) is 18.8 Å². The minimum Gasteiger partial charge on any atom is -0.370 e. The van der Waals surface area contributed by atoms with E-state index >= 15 is 0 Å². The summed E-state index contributed by atoms with van der Waals surface area (Å²) in [5, 5.41) is 4.29. The van der Waals surface area contributed by atoms with Crippen LogP contribution in [-0.4, -0.2) is 38.7 Å². The summed E-state index contributed by atoms with van der Waals surface area (Å²) in [6, 6.07) is 0. The highest BCUT2D eigenvalue weighted by molar-refractivity contribution is 5.77. The number of ether oxygens (including phenoxy) is 1. The van der Waals surface area contributed by atoms with Crippen LogP contribution < -0.4 is 5.73 Å². The van der Waals surface area contributed by atoms with Gasteiger partial charge in [-0.3, -0.25) is 9.25 Å². The van der Waals surface area contributed by atoms with Crippen molar-refractivity contribution in [2.45, 2.75) is 26.1 Å². The molecule has 6 nitrogen and oxygen atoms in total. The van der Waals surface area contributed by atoms with Gasteiger partial charge in [-0.2, -0.15) is 18.3 Å². The van der Waals surface area contributed by atoms with E-state index < -0.39 is 12.8 Å². The summed E-state index contributed by atoms with van der Waals surface area (Å²) in [5.74, 6) is 0.248. The molecule has 2 rings (SSSR count). The highest BCUT2D eigenvalue weighted by Gasteiger charge is 2.27. The predicted molar refractivity (Wildman–Crippen MR) is 67.2 cm³/mol. The molecule has 0 bridgehead atoms. The first-order chi connectivity index (χ1) is 9.33. The summed E-state index contributed by atoms with van der Waals surface area (Å²) >= 11 is 0. The monoisotopic (exact) mass is 291 g/mol. The van der Waals surface area contributed by atoms with Gasteiger partial charge in [0.25, 0.3) is 0 Å². The molecule has 0 fully saturated rings. The SMILES string of the molecule is CCc1nn(C)c2c1nc(N)n2CCOCC(F)(F)F. The first-order valence-corrected chi connectivity index (χ1v) is 6.15. The number of aromatic nitrogens is 4. The molecule has 2 aromatic heterocycles. The molecule has 2 N–H and O–H groups in total. The lowest BCUT2D eigenvalue weighted by Gasteiger charge is -2.09. The number of rotatable bonds is 5. The van der Waals surface area contributed by atoms with Crippen LogP contribution in [0.5, 0.6) is 0 Å². The van der Waals surface area contributed by atoms with Gasteiger partial charge in [-0.15, -0.1) is 0 Å². The Bertz CT molecular complexity index is 601. The maximum Gasteiger partial charge on any atom is 0.411 e. The van der Waals surface area contributed by atoms with Crippen LogP contribution in [0.1, 0.15) is 12.6 Å². The summed E-state index contributed by atoms with van der Waals surface area (Å²) in [6.07, 6.45) is -3.62. The molecule has 0 unspecified atom stereocenters.